The van der Waals surface area contributed by atoms with Crippen LogP contribution in [0.3, 0.4) is 0 Å². The molecular formula is C10H16O2. The van der Waals surface area contributed by atoms with Crippen LogP contribution < -0.4 is 0 Å². The van der Waals surface area contributed by atoms with Gasteiger partial charge in [-0.1, -0.05) is 19.3 Å². The summed E-state index contributed by atoms with van der Waals surface area (Å²) in [6.07, 6.45) is 7.51. The van der Waals surface area contributed by atoms with E-state index in [2.05, 4.69) is 0 Å². The van der Waals surface area contributed by atoms with Crippen molar-refractivity contribution in [2.45, 2.75) is 38.2 Å². The fourth-order valence-electron chi connectivity index (χ4n) is 1.83. The van der Waals surface area contributed by atoms with Crippen molar-refractivity contribution in [1.29, 1.82) is 0 Å². The maximum Gasteiger partial charge on any atom is 0.121 e. The lowest BCUT2D eigenvalue weighted by atomic mass is 9.81. The van der Waals surface area contributed by atoms with Crippen LogP contribution in [0.15, 0.2) is 11.8 Å². The standard InChI is InChI=1S/C10H16O2/c11-9(7-8-3-1-4-8)10-5-2-6-12-10/h5,8-9,11H,1-4,6-7H2. The number of hydrogen-bond acceptors (Lipinski definition) is 2. The van der Waals surface area contributed by atoms with Crippen LogP contribution in [0.4, 0.5) is 0 Å². The molecule has 0 spiro atoms. The average Bonchev–Trinajstić information content (AvgIpc) is 2.47. The zero-order chi connectivity index (χ0) is 8.39. The van der Waals surface area contributed by atoms with Crippen molar-refractivity contribution in [3.63, 3.8) is 0 Å². The lowest BCUT2D eigenvalue weighted by Crippen LogP contribution is -2.21. The first-order valence-corrected chi connectivity index (χ1v) is 4.87. The maximum atomic E-state index is 9.69. The van der Waals surface area contributed by atoms with Gasteiger partial charge >= 0.3 is 0 Å². The highest BCUT2D eigenvalue weighted by molar-refractivity contribution is 5.04. The van der Waals surface area contributed by atoms with Gasteiger partial charge in [-0.3, -0.25) is 0 Å². The van der Waals surface area contributed by atoms with Crippen molar-refractivity contribution in [3.8, 4) is 0 Å². The molecule has 0 bridgehead atoms. The van der Waals surface area contributed by atoms with Crippen LogP contribution in [0.25, 0.3) is 0 Å². The summed E-state index contributed by atoms with van der Waals surface area (Å²) in [6, 6.07) is 0. The molecular weight excluding hydrogens is 152 g/mol. The lowest BCUT2D eigenvalue weighted by Gasteiger charge is -2.27. The molecule has 0 aromatic carbocycles. The molecule has 1 aliphatic heterocycles. The van der Waals surface area contributed by atoms with E-state index >= 15 is 0 Å². The first kappa shape index (κ1) is 8.11. The van der Waals surface area contributed by atoms with Crippen LogP contribution in [0.2, 0.25) is 0 Å². The fourth-order valence-corrected chi connectivity index (χ4v) is 1.83. The molecule has 0 aromatic heterocycles. The minimum Gasteiger partial charge on any atom is -0.495 e. The van der Waals surface area contributed by atoms with Crippen molar-refractivity contribution >= 4 is 0 Å². The van der Waals surface area contributed by atoms with Crippen molar-refractivity contribution in [2.75, 3.05) is 6.61 Å². The number of aliphatic hydroxyl groups is 1. The Morgan fingerprint density at radius 3 is 2.92 bits per heavy atom. The van der Waals surface area contributed by atoms with Crippen molar-refractivity contribution in [2.24, 2.45) is 5.92 Å². The molecule has 0 amide bonds. The van der Waals surface area contributed by atoms with E-state index in [1.807, 2.05) is 6.08 Å². The number of hydrogen-bond donors (Lipinski definition) is 1. The molecule has 68 valence electrons. The van der Waals surface area contributed by atoms with E-state index in [1.165, 1.54) is 19.3 Å². The first-order valence-electron chi connectivity index (χ1n) is 4.87. The van der Waals surface area contributed by atoms with Gasteiger partial charge in [-0.05, 0) is 18.4 Å². The molecule has 0 aromatic rings. The summed E-state index contributed by atoms with van der Waals surface area (Å²) in [5.74, 6) is 1.58. The van der Waals surface area contributed by atoms with Crippen molar-refractivity contribution < 1.29 is 9.84 Å². The largest absolute Gasteiger partial charge is 0.495 e. The Bertz CT molecular complexity index is 182. The van der Waals surface area contributed by atoms with Gasteiger partial charge in [0.25, 0.3) is 0 Å². The summed E-state index contributed by atoms with van der Waals surface area (Å²) >= 11 is 0. The van der Waals surface area contributed by atoms with Crippen LogP contribution in [-0.2, 0) is 4.74 Å². The van der Waals surface area contributed by atoms with E-state index < -0.39 is 0 Å². The molecule has 2 aliphatic rings. The van der Waals surface area contributed by atoms with E-state index in [9.17, 15) is 5.11 Å². The fraction of sp³-hybridized carbons (Fsp3) is 0.800. The van der Waals surface area contributed by atoms with Gasteiger partial charge in [0.1, 0.15) is 11.9 Å². The van der Waals surface area contributed by atoms with Gasteiger partial charge in [-0.2, -0.15) is 0 Å². The van der Waals surface area contributed by atoms with Gasteiger partial charge in [-0.25, -0.2) is 0 Å². The third-order valence-corrected chi connectivity index (χ3v) is 2.84. The Morgan fingerprint density at radius 1 is 1.58 bits per heavy atom. The Hall–Kier alpha value is -0.500. The molecule has 1 saturated carbocycles. The molecule has 2 nitrogen and oxygen atoms in total. The quantitative estimate of drug-likeness (QED) is 0.696. The van der Waals surface area contributed by atoms with Crippen molar-refractivity contribution in [3.05, 3.63) is 11.8 Å². The molecule has 1 N–H and O–H groups in total. The van der Waals surface area contributed by atoms with Gasteiger partial charge in [0.15, 0.2) is 0 Å². The zero-order valence-electron chi connectivity index (χ0n) is 7.33. The highest BCUT2D eigenvalue weighted by atomic mass is 16.5. The van der Waals surface area contributed by atoms with Crippen LogP contribution in [0.1, 0.15) is 32.1 Å². The molecule has 0 saturated heterocycles. The highest BCUT2D eigenvalue weighted by Gasteiger charge is 2.24. The highest BCUT2D eigenvalue weighted by Crippen LogP contribution is 2.32. The molecule has 1 unspecified atom stereocenters. The summed E-state index contributed by atoms with van der Waals surface area (Å²) in [5, 5.41) is 9.69. The normalized spacial score (nSPS) is 25.9. The van der Waals surface area contributed by atoms with Gasteiger partial charge in [0, 0.05) is 6.42 Å². The SMILES string of the molecule is OC(CC1CCC1)C1=CCCO1. The molecule has 1 fully saturated rings. The third kappa shape index (κ3) is 1.63. The average molecular weight is 168 g/mol. The predicted octanol–water partition coefficient (Wildman–Crippen LogP) is 1.84. The number of aliphatic hydroxyl groups excluding tert-OH is 1. The van der Waals surface area contributed by atoms with E-state index in [4.69, 9.17) is 4.74 Å². The number of ether oxygens (including phenoxy) is 1. The van der Waals surface area contributed by atoms with E-state index in [0.29, 0.717) is 0 Å². The third-order valence-electron chi connectivity index (χ3n) is 2.84. The second-order valence-electron chi connectivity index (χ2n) is 3.79. The van der Waals surface area contributed by atoms with Crippen LogP contribution in [0.5, 0.6) is 0 Å². The molecule has 2 rings (SSSR count). The van der Waals surface area contributed by atoms with E-state index in [-0.39, 0.29) is 6.10 Å². The molecule has 1 aliphatic carbocycles. The molecule has 12 heavy (non-hydrogen) atoms. The van der Waals surface area contributed by atoms with Gasteiger partial charge < -0.3 is 9.84 Å². The summed E-state index contributed by atoms with van der Waals surface area (Å²) in [6.45, 7) is 0.761. The van der Waals surface area contributed by atoms with E-state index in [1.54, 1.807) is 0 Å². The topological polar surface area (TPSA) is 29.5 Å². The first-order chi connectivity index (χ1) is 5.86. The summed E-state index contributed by atoms with van der Waals surface area (Å²) in [5.41, 5.74) is 0. The minimum absolute atomic E-state index is 0.321. The van der Waals surface area contributed by atoms with Crippen molar-refractivity contribution in [1.82, 2.24) is 0 Å². The predicted molar refractivity (Wildman–Crippen MR) is 46.6 cm³/mol. The molecule has 1 atom stereocenters. The second-order valence-corrected chi connectivity index (χ2v) is 3.79. The maximum absolute atomic E-state index is 9.69. The zero-order valence-corrected chi connectivity index (χ0v) is 7.33. The summed E-state index contributed by atoms with van der Waals surface area (Å²) in [7, 11) is 0. The van der Waals surface area contributed by atoms with Crippen LogP contribution in [-0.4, -0.2) is 17.8 Å². The molecule has 2 heteroatoms. The van der Waals surface area contributed by atoms with Gasteiger partial charge in [0.2, 0.25) is 0 Å². The summed E-state index contributed by atoms with van der Waals surface area (Å²) in [4.78, 5) is 0. The molecule has 1 heterocycles. The lowest BCUT2D eigenvalue weighted by molar-refractivity contribution is 0.0848. The van der Waals surface area contributed by atoms with Crippen LogP contribution in [0, 0.1) is 5.92 Å². The van der Waals surface area contributed by atoms with E-state index in [0.717, 1.165) is 31.1 Å². The van der Waals surface area contributed by atoms with Gasteiger partial charge in [0.05, 0.1) is 6.61 Å². The Kier molecular flexibility index (Phi) is 2.35. The minimum atomic E-state index is -0.321. The van der Waals surface area contributed by atoms with Gasteiger partial charge in [-0.15, -0.1) is 0 Å². The smallest absolute Gasteiger partial charge is 0.121 e. The Morgan fingerprint density at radius 2 is 2.42 bits per heavy atom. The Balaban J connectivity index is 1.78. The molecule has 0 radical (unpaired) electrons. The number of rotatable bonds is 3. The monoisotopic (exact) mass is 168 g/mol. The Labute approximate surface area is 73.2 Å². The second kappa shape index (κ2) is 3.48. The summed E-state index contributed by atoms with van der Waals surface area (Å²) < 4.78 is 5.30. The van der Waals surface area contributed by atoms with Crippen LogP contribution >= 0.6 is 0 Å².